The third-order valence-corrected chi connectivity index (χ3v) is 4.99. The van der Waals surface area contributed by atoms with Gasteiger partial charge in [0.1, 0.15) is 13.2 Å². The van der Waals surface area contributed by atoms with Gasteiger partial charge in [-0.15, -0.1) is 0 Å². The van der Waals surface area contributed by atoms with Crippen molar-refractivity contribution in [3.63, 3.8) is 0 Å². The minimum atomic E-state index is -5.51. The van der Waals surface area contributed by atoms with Gasteiger partial charge in [-0.3, -0.25) is 0 Å². The van der Waals surface area contributed by atoms with Crippen LogP contribution in [-0.4, -0.2) is 37.3 Å². The van der Waals surface area contributed by atoms with E-state index in [4.69, 9.17) is 9.47 Å². The zero-order chi connectivity index (χ0) is 18.2. The molecule has 2 rings (SSSR count). The fourth-order valence-corrected chi connectivity index (χ4v) is 3.61. The van der Waals surface area contributed by atoms with E-state index in [9.17, 15) is 26.3 Å². The normalized spacial score (nSPS) is 35.0. The van der Waals surface area contributed by atoms with Crippen LogP contribution in [0.15, 0.2) is 0 Å². The van der Waals surface area contributed by atoms with Crippen molar-refractivity contribution in [1.29, 1.82) is 0 Å². The minimum absolute atomic E-state index is 0.337. The minimum Gasteiger partial charge on any atom is -0.346 e. The summed E-state index contributed by atoms with van der Waals surface area (Å²) in [5, 5.41) is 0. The fourth-order valence-electron chi connectivity index (χ4n) is 3.61. The number of halogens is 6. The molecule has 1 saturated carbocycles. The summed E-state index contributed by atoms with van der Waals surface area (Å²) >= 11 is 0. The maximum Gasteiger partial charge on any atom is 0.376 e. The lowest BCUT2D eigenvalue weighted by Gasteiger charge is -2.38. The summed E-state index contributed by atoms with van der Waals surface area (Å²) in [5.74, 6) is -14.9. The zero-order valence-electron chi connectivity index (χ0n) is 13.8. The Morgan fingerprint density at radius 3 is 2.00 bits per heavy atom. The Hall–Kier alpha value is -0.500. The van der Waals surface area contributed by atoms with Crippen molar-refractivity contribution in [3.05, 3.63) is 0 Å². The van der Waals surface area contributed by atoms with Crippen molar-refractivity contribution in [2.45, 2.75) is 70.0 Å². The summed E-state index contributed by atoms with van der Waals surface area (Å²) < 4.78 is 89.9. The molecule has 2 nitrogen and oxygen atoms in total. The van der Waals surface area contributed by atoms with Crippen LogP contribution in [0.3, 0.4) is 0 Å². The van der Waals surface area contributed by atoms with Gasteiger partial charge in [0.15, 0.2) is 6.29 Å². The summed E-state index contributed by atoms with van der Waals surface area (Å²) in [7, 11) is 0. The van der Waals surface area contributed by atoms with E-state index < -0.39 is 43.2 Å². The Kier molecular flexibility index (Phi) is 5.79. The van der Waals surface area contributed by atoms with Crippen molar-refractivity contribution in [2.75, 3.05) is 13.2 Å². The van der Waals surface area contributed by atoms with Crippen molar-refractivity contribution in [1.82, 2.24) is 0 Å². The second kappa shape index (κ2) is 7.02. The molecular weight excluding hydrogens is 338 g/mol. The summed E-state index contributed by atoms with van der Waals surface area (Å²) in [6.07, 6.45) is 3.38. The van der Waals surface area contributed by atoms with Crippen molar-refractivity contribution < 1.29 is 35.8 Å². The molecule has 0 aromatic carbocycles. The van der Waals surface area contributed by atoms with Gasteiger partial charge in [-0.1, -0.05) is 33.1 Å². The largest absolute Gasteiger partial charge is 0.376 e. The molecule has 0 aromatic heterocycles. The molecule has 1 heterocycles. The van der Waals surface area contributed by atoms with Crippen LogP contribution in [0.25, 0.3) is 0 Å². The van der Waals surface area contributed by atoms with Crippen LogP contribution in [0.4, 0.5) is 26.3 Å². The molecule has 1 aliphatic heterocycles. The SMILES string of the molecule is CC1CCCC(CC(C)C2OCC(F)(F)C(F)(F)C(F)(F)CO2)C1. The van der Waals surface area contributed by atoms with E-state index in [0.29, 0.717) is 18.3 Å². The highest BCUT2D eigenvalue weighted by atomic mass is 19.3. The molecule has 2 aliphatic rings. The van der Waals surface area contributed by atoms with Gasteiger partial charge in [-0.2, -0.15) is 26.3 Å². The van der Waals surface area contributed by atoms with Gasteiger partial charge in [-0.05, 0) is 24.7 Å². The highest BCUT2D eigenvalue weighted by Crippen LogP contribution is 2.47. The number of hydrogen-bond donors (Lipinski definition) is 0. The molecule has 142 valence electrons. The molecule has 0 N–H and O–H groups in total. The Morgan fingerprint density at radius 2 is 1.50 bits per heavy atom. The quantitative estimate of drug-likeness (QED) is 0.649. The predicted octanol–water partition coefficient (Wildman–Crippen LogP) is 5.12. The van der Waals surface area contributed by atoms with Crippen LogP contribution in [0, 0.1) is 17.8 Å². The first kappa shape index (κ1) is 19.8. The highest BCUT2D eigenvalue weighted by molar-refractivity contribution is 4.97. The third-order valence-electron chi connectivity index (χ3n) is 4.99. The molecule has 8 heteroatoms. The average molecular weight is 362 g/mol. The van der Waals surface area contributed by atoms with E-state index in [1.165, 1.54) is 0 Å². The van der Waals surface area contributed by atoms with Crippen LogP contribution in [0.1, 0.15) is 46.0 Å². The van der Waals surface area contributed by atoms with Crippen LogP contribution in [0.5, 0.6) is 0 Å². The average Bonchev–Trinajstić information content (AvgIpc) is 2.45. The predicted molar refractivity (Wildman–Crippen MR) is 75.4 cm³/mol. The van der Waals surface area contributed by atoms with Crippen molar-refractivity contribution in [3.8, 4) is 0 Å². The van der Waals surface area contributed by atoms with Crippen LogP contribution < -0.4 is 0 Å². The second-order valence-electron chi connectivity index (χ2n) is 7.32. The summed E-state index contributed by atoms with van der Waals surface area (Å²) in [4.78, 5) is 0. The molecule has 0 bridgehead atoms. The van der Waals surface area contributed by atoms with Gasteiger partial charge in [0.25, 0.3) is 0 Å². The first-order valence-corrected chi connectivity index (χ1v) is 8.33. The topological polar surface area (TPSA) is 18.5 Å². The maximum atomic E-state index is 13.5. The molecule has 0 amide bonds. The molecule has 24 heavy (non-hydrogen) atoms. The first-order valence-electron chi connectivity index (χ1n) is 8.33. The Labute approximate surface area is 137 Å². The lowest BCUT2D eigenvalue weighted by Crippen LogP contribution is -2.60. The van der Waals surface area contributed by atoms with Crippen molar-refractivity contribution in [2.24, 2.45) is 17.8 Å². The van der Waals surface area contributed by atoms with E-state index in [1.807, 2.05) is 0 Å². The molecule has 1 saturated heterocycles. The summed E-state index contributed by atoms with van der Waals surface area (Å²) in [5.41, 5.74) is 0. The Morgan fingerprint density at radius 1 is 0.958 bits per heavy atom. The van der Waals surface area contributed by atoms with E-state index in [0.717, 1.165) is 25.7 Å². The molecular formula is C16H24F6O2. The van der Waals surface area contributed by atoms with Crippen LogP contribution in [-0.2, 0) is 9.47 Å². The molecule has 0 spiro atoms. The van der Waals surface area contributed by atoms with Gasteiger partial charge in [-0.25, -0.2) is 0 Å². The second-order valence-corrected chi connectivity index (χ2v) is 7.32. The van der Waals surface area contributed by atoms with E-state index in [1.54, 1.807) is 6.92 Å². The van der Waals surface area contributed by atoms with Gasteiger partial charge in [0, 0.05) is 5.92 Å². The smallest absolute Gasteiger partial charge is 0.346 e. The molecule has 2 fully saturated rings. The number of rotatable bonds is 3. The standard InChI is InChI=1S/C16H24F6O2/c1-10-4-3-5-12(6-10)7-11(2)13-23-8-14(17,18)16(21,22)15(19,20)9-24-13/h10-13H,3-9H2,1-2H3. The highest BCUT2D eigenvalue weighted by Gasteiger charge is 2.72. The van der Waals surface area contributed by atoms with E-state index >= 15 is 0 Å². The molecule has 0 aromatic rings. The maximum absolute atomic E-state index is 13.5. The van der Waals surface area contributed by atoms with Gasteiger partial charge in [0.05, 0.1) is 0 Å². The fraction of sp³-hybridized carbons (Fsp3) is 1.00. The number of hydrogen-bond acceptors (Lipinski definition) is 2. The van der Waals surface area contributed by atoms with Crippen LogP contribution >= 0.6 is 0 Å². The Bertz CT molecular complexity index is 407. The molecule has 0 radical (unpaired) electrons. The Balaban J connectivity index is 2.01. The third kappa shape index (κ3) is 4.00. The van der Waals surface area contributed by atoms with E-state index in [-0.39, 0.29) is 0 Å². The van der Waals surface area contributed by atoms with Gasteiger partial charge in [0.2, 0.25) is 0 Å². The lowest BCUT2D eigenvalue weighted by atomic mass is 9.78. The number of alkyl halides is 6. The van der Waals surface area contributed by atoms with Crippen LogP contribution in [0.2, 0.25) is 0 Å². The monoisotopic (exact) mass is 362 g/mol. The molecule has 3 unspecified atom stereocenters. The zero-order valence-corrected chi connectivity index (χ0v) is 13.8. The molecule has 1 aliphatic carbocycles. The first-order chi connectivity index (χ1) is 11.0. The summed E-state index contributed by atoms with van der Waals surface area (Å²) in [6.45, 7) is 0.208. The van der Waals surface area contributed by atoms with Gasteiger partial charge >= 0.3 is 17.8 Å². The number of ether oxygens (including phenoxy) is 2. The molecule has 3 atom stereocenters. The van der Waals surface area contributed by atoms with E-state index in [2.05, 4.69) is 6.92 Å². The summed E-state index contributed by atoms with van der Waals surface area (Å²) in [6, 6.07) is 0. The van der Waals surface area contributed by atoms with Crippen molar-refractivity contribution >= 4 is 0 Å². The lowest BCUT2D eigenvalue weighted by molar-refractivity contribution is -0.368. The van der Waals surface area contributed by atoms with Gasteiger partial charge < -0.3 is 9.47 Å².